The van der Waals surface area contributed by atoms with Crippen molar-refractivity contribution in [2.24, 2.45) is 0 Å². The minimum absolute atomic E-state index is 0.0645. The van der Waals surface area contributed by atoms with Gasteiger partial charge in [0.15, 0.2) is 0 Å². The van der Waals surface area contributed by atoms with Crippen LogP contribution < -0.4 is 4.44 Å². The van der Waals surface area contributed by atoms with E-state index in [2.05, 4.69) is 127 Å². The van der Waals surface area contributed by atoms with E-state index in [1.54, 1.807) is 0 Å². The molecule has 170 valence electrons. The Morgan fingerprint density at radius 1 is 0.688 bits per heavy atom. The summed E-state index contributed by atoms with van der Waals surface area (Å²) in [5, 5.41) is 0.129. The van der Waals surface area contributed by atoms with E-state index in [0.717, 1.165) is 6.42 Å². The number of rotatable bonds is 8. The van der Waals surface area contributed by atoms with Crippen molar-refractivity contribution in [1.29, 1.82) is 0 Å². The van der Waals surface area contributed by atoms with Crippen LogP contribution in [0.1, 0.15) is 68.0 Å². The summed E-state index contributed by atoms with van der Waals surface area (Å²) < 4.78 is 2.72. The lowest BCUT2D eigenvalue weighted by molar-refractivity contribution is 0.762. The molecule has 1 nitrogen and oxygen atoms in total. The Morgan fingerprint density at radius 3 is 1.59 bits per heavy atom. The molecular formula is C29H39NP2. The highest BCUT2D eigenvalue weighted by Crippen LogP contribution is 2.57. The molecule has 0 saturated heterocycles. The fourth-order valence-corrected chi connectivity index (χ4v) is 8.67. The van der Waals surface area contributed by atoms with Crippen LogP contribution in [0.25, 0.3) is 0 Å². The van der Waals surface area contributed by atoms with Crippen molar-refractivity contribution in [1.82, 2.24) is 0 Å². The molecule has 0 fully saturated rings. The van der Waals surface area contributed by atoms with Crippen LogP contribution >= 0.6 is 17.5 Å². The van der Waals surface area contributed by atoms with Crippen molar-refractivity contribution in [3.63, 3.8) is 0 Å². The molecule has 0 amide bonds. The highest BCUT2D eigenvalue weighted by atomic mass is 31.1. The quantitative estimate of drug-likeness (QED) is 0.301. The van der Waals surface area contributed by atoms with Gasteiger partial charge < -0.3 is 4.44 Å². The molecule has 32 heavy (non-hydrogen) atoms. The van der Waals surface area contributed by atoms with Crippen molar-refractivity contribution < 1.29 is 0 Å². The smallest absolute Gasteiger partial charge is 0.0490 e. The lowest BCUT2D eigenvalue weighted by atomic mass is 10.0. The van der Waals surface area contributed by atoms with Gasteiger partial charge in [-0.15, -0.1) is 0 Å². The van der Waals surface area contributed by atoms with Gasteiger partial charge in [-0.3, -0.25) is 0 Å². The van der Waals surface area contributed by atoms with Gasteiger partial charge >= 0.3 is 0 Å². The van der Waals surface area contributed by atoms with E-state index in [0.29, 0.717) is 17.5 Å². The van der Waals surface area contributed by atoms with Crippen LogP contribution in [0.4, 0.5) is 5.69 Å². The molecule has 0 bridgehead atoms. The van der Waals surface area contributed by atoms with Crippen LogP contribution in [0.2, 0.25) is 0 Å². The highest BCUT2D eigenvalue weighted by Gasteiger charge is 2.31. The minimum atomic E-state index is 0.0645. The van der Waals surface area contributed by atoms with Crippen molar-refractivity contribution >= 4 is 23.2 Å². The topological polar surface area (TPSA) is 3.24 Å². The molecule has 0 N–H and O–H groups in total. The molecule has 0 aromatic heterocycles. The fourth-order valence-electron chi connectivity index (χ4n) is 4.22. The van der Waals surface area contributed by atoms with Crippen LogP contribution in [0.15, 0.2) is 66.7 Å². The van der Waals surface area contributed by atoms with E-state index in [4.69, 9.17) is 0 Å². The van der Waals surface area contributed by atoms with Crippen molar-refractivity contribution in [3.05, 3.63) is 100 Å². The number of aryl methyl sites for hydroxylation is 4. The van der Waals surface area contributed by atoms with Crippen LogP contribution in [0, 0.1) is 20.8 Å². The zero-order valence-corrected chi connectivity index (χ0v) is 23.0. The summed E-state index contributed by atoms with van der Waals surface area (Å²) in [5.74, 6) is 0. The summed E-state index contributed by atoms with van der Waals surface area (Å²) in [7, 11) is 1.32. The summed E-state index contributed by atoms with van der Waals surface area (Å²) in [4.78, 5) is 0. The van der Waals surface area contributed by atoms with Gasteiger partial charge in [-0.05, 0) is 66.9 Å². The molecule has 3 rings (SSSR count). The van der Waals surface area contributed by atoms with Gasteiger partial charge in [0.05, 0.1) is 0 Å². The largest absolute Gasteiger partial charge is 0.333 e. The Labute approximate surface area is 199 Å². The van der Waals surface area contributed by atoms with Gasteiger partial charge in [0.25, 0.3) is 0 Å². The molecule has 3 aromatic rings. The number of benzene rings is 3. The molecule has 0 spiro atoms. The molecule has 0 saturated carbocycles. The summed E-state index contributed by atoms with van der Waals surface area (Å²) in [5.41, 5.74) is 9.78. The molecule has 0 radical (unpaired) electrons. The van der Waals surface area contributed by atoms with Gasteiger partial charge in [-0.1, -0.05) is 112 Å². The standard InChI is InChI=1S/C29H39NP2/c1-9-24-16-12-15-23(4)27(24)30(31-28(5,6)25-17-10-13-21(2)19-25)32-29(7,8)26-18-11-14-22(3)20-26/h10-20,31-32H,9H2,1-8H3. The molecule has 0 aliphatic carbocycles. The molecule has 0 aliphatic rings. The van der Waals surface area contributed by atoms with E-state index in [1.807, 2.05) is 0 Å². The zero-order valence-electron chi connectivity index (χ0n) is 21.0. The number of nitrogens with zero attached hydrogens (tertiary/aromatic N) is 1. The average Bonchev–Trinajstić information content (AvgIpc) is 2.72. The van der Waals surface area contributed by atoms with Crippen LogP contribution in [-0.2, 0) is 16.7 Å². The Bertz CT molecular complexity index is 1010. The SMILES string of the molecule is CCc1cccc(C)c1N(PC(C)(C)c1cccc(C)c1)PC(C)(C)c1cccc(C)c1. The molecule has 3 heteroatoms. The highest BCUT2D eigenvalue weighted by molar-refractivity contribution is 7.60. The number of para-hydroxylation sites is 1. The molecular weight excluding hydrogens is 424 g/mol. The Balaban J connectivity index is 2.06. The lowest BCUT2D eigenvalue weighted by Gasteiger charge is -2.41. The first-order valence-electron chi connectivity index (χ1n) is 11.6. The third kappa shape index (κ3) is 5.81. The van der Waals surface area contributed by atoms with Gasteiger partial charge in [0.2, 0.25) is 0 Å². The summed E-state index contributed by atoms with van der Waals surface area (Å²) in [6.07, 6.45) is 1.05. The van der Waals surface area contributed by atoms with Crippen LogP contribution in [-0.4, -0.2) is 0 Å². The van der Waals surface area contributed by atoms with Crippen molar-refractivity contribution in [3.8, 4) is 0 Å². The van der Waals surface area contributed by atoms with Gasteiger partial charge in [0, 0.05) is 16.0 Å². The second-order valence-corrected chi connectivity index (χ2v) is 14.3. The van der Waals surface area contributed by atoms with Gasteiger partial charge in [-0.2, -0.15) is 0 Å². The van der Waals surface area contributed by atoms with Crippen LogP contribution in [0.5, 0.6) is 0 Å². The molecule has 3 aromatic carbocycles. The Morgan fingerprint density at radius 2 is 1.16 bits per heavy atom. The lowest BCUT2D eigenvalue weighted by Crippen LogP contribution is -2.22. The third-order valence-corrected chi connectivity index (χ3v) is 9.45. The number of anilines is 1. The normalized spacial score (nSPS) is 12.9. The first-order chi connectivity index (χ1) is 15.0. The number of hydrogen-bond donors (Lipinski definition) is 0. The molecule has 0 aliphatic heterocycles. The number of hydrogen-bond acceptors (Lipinski definition) is 1. The summed E-state index contributed by atoms with van der Waals surface area (Å²) in [6.45, 7) is 18.6. The summed E-state index contributed by atoms with van der Waals surface area (Å²) >= 11 is 0. The van der Waals surface area contributed by atoms with E-state index in [9.17, 15) is 0 Å². The van der Waals surface area contributed by atoms with Crippen molar-refractivity contribution in [2.75, 3.05) is 4.44 Å². The third-order valence-electron chi connectivity index (χ3n) is 6.19. The van der Waals surface area contributed by atoms with Crippen molar-refractivity contribution in [2.45, 2.75) is 72.1 Å². The van der Waals surface area contributed by atoms with E-state index in [1.165, 1.54) is 39.1 Å². The zero-order chi connectivity index (χ0) is 23.5. The predicted octanol–water partition coefficient (Wildman–Crippen LogP) is 9.04. The van der Waals surface area contributed by atoms with E-state index < -0.39 is 0 Å². The van der Waals surface area contributed by atoms with Gasteiger partial charge in [-0.25, -0.2) is 0 Å². The van der Waals surface area contributed by atoms with E-state index >= 15 is 0 Å². The molecule has 0 heterocycles. The predicted molar refractivity (Wildman–Crippen MR) is 148 cm³/mol. The van der Waals surface area contributed by atoms with Crippen LogP contribution in [0.3, 0.4) is 0 Å². The molecule has 2 unspecified atom stereocenters. The minimum Gasteiger partial charge on any atom is -0.333 e. The van der Waals surface area contributed by atoms with E-state index in [-0.39, 0.29) is 10.3 Å². The second kappa shape index (κ2) is 10.1. The first-order valence-corrected chi connectivity index (χ1v) is 13.5. The second-order valence-electron chi connectivity index (χ2n) is 9.98. The Hall–Kier alpha value is -1.68. The monoisotopic (exact) mass is 463 g/mol. The Kier molecular flexibility index (Phi) is 7.85. The maximum Gasteiger partial charge on any atom is 0.0490 e. The average molecular weight is 464 g/mol. The maximum atomic E-state index is 2.72. The maximum absolute atomic E-state index is 2.72. The fraction of sp³-hybridized carbons (Fsp3) is 0.379. The first kappa shape index (κ1) is 25.0. The molecule has 2 atom stereocenters. The summed E-state index contributed by atoms with van der Waals surface area (Å²) in [6, 6.07) is 24.9. The van der Waals surface area contributed by atoms with Gasteiger partial charge in [0.1, 0.15) is 0 Å².